The fourth-order valence-electron chi connectivity index (χ4n) is 2.76. The molecule has 1 aliphatic rings. The Morgan fingerprint density at radius 2 is 2.36 bits per heavy atom. The van der Waals surface area contributed by atoms with Crippen LogP contribution in [0, 0.1) is 0 Å². The monoisotopic (exact) mass is 338 g/mol. The van der Waals surface area contributed by atoms with E-state index in [0.717, 1.165) is 30.9 Å². The Hall–Kier alpha value is -1.14. The molecule has 1 unspecified atom stereocenters. The van der Waals surface area contributed by atoms with Crippen LogP contribution in [0.3, 0.4) is 0 Å². The molecular weight excluding hydrogens is 320 g/mol. The molecule has 0 spiro atoms. The van der Waals surface area contributed by atoms with E-state index >= 15 is 0 Å². The van der Waals surface area contributed by atoms with Crippen LogP contribution in [0.25, 0.3) is 0 Å². The van der Waals surface area contributed by atoms with Gasteiger partial charge in [-0.2, -0.15) is 0 Å². The van der Waals surface area contributed by atoms with Crippen molar-refractivity contribution in [2.45, 2.75) is 25.0 Å². The maximum absolute atomic E-state index is 10.8. The average molecular weight is 339 g/mol. The fourth-order valence-corrected chi connectivity index (χ4v) is 3.59. The van der Waals surface area contributed by atoms with Gasteiger partial charge in [0.1, 0.15) is 23.0 Å². The molecule has 3 rings (SSSR count). The normalized spacial score (nSPS) is 22.6. The zero-order chi connectivity index (χ0) is 15.4. The minimum Gasteiger partial charge on any atom is -0.490 e. The molecule has 118 valence electrons. The second kappa shape index (κ2) is 6.96. The van der Waals surface area contributed by atoms with Crippen molar-refractivity contribution in [1.82, 2.24) is 9.88 Å². The second-order valence-corrected chi connectivity index (χ2v) is 7.13. The molecule has 6 heteroatoms. The number of likely N-dealkylation sites (tertiary alicyclic amines) is 1. The van der Waals surface area contributed by atoms with E-state index in [1.54, 1.807) is 23.5 Å². The van der Waals surface area contributed by atoms with Crippen LogP contribution < -0.4 is 4.74 Å². The quantitative estimate of drug-likeness (QED) is 0.909. The van der Waals surface area contributed by atoms with Gasteiger partial charge in [-0.3, -0.25) is 4.90 Å². The number of halogens is 1. The smallest absolute Gasteiger partial charge is 0.120 e. The molecule has 1 N–H and O–H groups in total. The summed E-state index contributed by atoms with van der Waals surface area (Å²) in [6.07, 6.45) is 3.53. The van der Waals surface area contributed by atoms with Crippen molar-refractivity contribution in [3.63, 3.8) is 0 Å². The van der Waals surface area contributed by atoms with Crippen LogP contribution in [0.15, 0.2) is 35.8 Å². The molecule has 4 nitrogen and oxygen atoms in total. The molecule has 0 amide bonds. The summed E-state index contributed by atoms with van der Waals surface area (Å²) in [5.41, 5.74) is -0.822. The van der Waals surface area contributed by atoms with E-state index in [4.69, 9.17) is 16.3 Å². The molecule has 1 aliphatic heterocycles. The van der Waals surface area contributed by atoms with Crippen molar-refractivity contribution in [3.8, 4) is 5.75 Å². The average Bonchev–Trinajstić information content (AvgIpc) is 2.98. The zero-order valence-electron chi connectivity index (χ0n) is 12.2. The van der Waals surface area contributed by atoms with Gasteiger partial charge in [0.2, 0.25) is 0 Å². The molecule has 0 saturated carbocycles. The number of hydrogen-bond donors (Lipinski definition) is 1. The number of piperidine rings is 1. The van der Waals surface area contributed by atoms with Crippen molar-refractivity contribution in [2.75, 3.05) is 19.7 Å². The van der Waals surface area contributed by atoms with Gasteiger partial charge >= 0.3 is 0 Å². The molecule has 1 atom stereocenters. The Labute approximate surface area is 139 Å². The summed E-state index contributed by atoms with van der Waals surface area (Å²) < 4.78 is 5.74. The Balaban J connectivity index is 1.57. The molecule has 1 aromatic carbocycles. The summed E-state index contributed by atoms with van der Waals surface area (Å²) in [5, 5.41) is 14.5. The number of aromatic nitrogens is 1. The third-order valence-corrected chi connectivity index (χ3v) is 4.78. The van der Waals surface area contributed by atoms with Crippen LogP contribution in [0.4, 0.5) is 0 Å². The summed E-state index contributed by atoms with van der Waals surface area (Å²) in [6, 6.07) is 7.27. The van der Waals surface area contributed by atoms with E-state index < -0.39 is 5.60 Å². The highest BCUT2D eigenvalue weighted by Gasteiger charge is 2.34. The summed E-state index contributed by atoms with van der Waals surface area (Å²) in [6.45, 7) is 2.66. The zero-order valence-corrected chi connectivity index (χ0v) is 13.8. The summed E-state index contributed by atoms with van der Waals surface area (Å²) in [5.74, 6) is 0.693. The van der Waals surface area contributed by atoms with Gasteiger partial charge in [0.15, 0.2) is 0 Å². The lowest BCUT2D eigenvalue weighted by Crippen LogP contribution is -2.51. The van der Waals surface area contributed by atoms with Crippen LogP contribution >= 0.6 is 22.9 Å². The third kappa shape index (κ3) is 4.20. The predicted molar refractivity (Wildman–Crippen MR) is 88.5 cm³/mol. The molecule has 0 bridgehead atoms. The number of thiazole rings is 1. The van der Waals surface area contributed by atoms with E-state index in [0.29, 0.717) is 17.3 Å². The Kier molecular flexibility index (Phi) is 4.98. The molecule has 1 saturated heterocycles. The SMILES string of the molecule is OC1(COc2cccc(Cl)c2)CCCN(Cc2nccs2)C1. The van der Waals surface area contributed by atoms with Gasteiger partial charge < -0.3 is 9.84 Å². The molecule has 2 aromatic rings. The van der Waals surface area contributed by atoms with Gasteiger partial charge in [0.25, 0.3) is 0 Å². The van der Waals surface area contributed by atoms with Gasteiger partial charge in [0, 0.05) is 23.1 Å². The van der Waals surface area contributed by atoms with Gasteiger partial charge in [-0.15, -0.1) is 11.3 Å². The van der Waals surface area contributed by atoms with Crippen molar-refractivity contribution in [1.29, 1.82) is 0 Å². The predicted octanol–water partition coefficient (Wildman–Crippen LogP) is 3.20. The van der Waals surface area contributed by atoms with E-state index in [2.05, 4.69) is 9.88 Å². The lowest BCUT2D eigenvalue weighted by atomic mass is 9.94. The van der Waals surface area contributed by atoms with Gasteiger partial charge in [-0.25, -0.2) is 4.98 Å². The summed E-state index contributed by atoms with van der Waals surface area (Å²) in [7, 11) is 0. The maximum Gasteiger partial charge on any atom is 0.120 e. The Morgan fingerprint density at radius 1 is 1.45 bits per heavy atom. The van der Waals surface area contributed by atoms with Gasteiger partial charge in [0.05, 0.1) is 6.54 Å². The topological polar surface area (TPSA) is 45.6 Å². The first kappa shape index (κ1) is 15.7. The number of benzene rings is 1. The third-order valence-electron chi connectivity index (χ3n) is 3.78. The number of β-amino-alcohol motifs (C(OH)–C–C–N with tert-alkyl or cyclic N) is 1. The van der Waals surface area contributed by atoms with Crippen LogP contribution in [-0.2, 0) is 6.54 Å². The first-order valence-electron chi connectivity index (χ1n) is 7.34. The molecule has 1 aromatic heterocycles. The van der Waals surface area contributed by atoms with E-state index in [9.17, 15) is 5.11 Å². The largest absolute Gasteiger partial charge is 0.490 e. The minimum atomic E-state index is -0.822. The molecule has 22 heavy (non-hydrogen) atoms. The first-order valence-corrected chi connectivity index (χ1v) is 8.60. The van der Waals surface area contributed by atoms with Crippen molar-refractivity contribution in [3.05, 3.63) is 45.9 Å². The number of aliphatic hydroxyl groups is 1. The standard InChI is InChI=1S/C16H19ClN2O2S/c17-13-3-1-4-14(9-13)21-12-16(20)5-2-7-19(11-16)10-15-18-6-8-22-15/h1,3-4,6,8-9,20H,2,5,7,10-12H2. The van der Waals surface area contributed by atoms with E-state index in [1.807, 2.05) is 23.7 Å². The van der Waals surface area contributed by atoms with Crippen molar-refractivity contribution < 1.29 is 9.84 Å². The lowest BCUT2D eigenvalue weighted by Gasteiger charge is -2.38. The number of nitrogens with zero attached hydrogens (tertiary/aromatic N) is 2. The molecule has 0 aliphatic carbocycles. The minimum absolute atomic E-state index is 0.279. The fraction of sp³-hybridized carbons (Fsp3) is 0.438. The first-order chi connectivity index (χ1) is 10.6. The highest BCUT2D eigenvalue weighted by molar-refractivity contribution is 7.09. The highest BCUT2D eigenvalue weighted by Crippen LogP contribution is 2.25. The van der Waals surface area contributed by atoms with Crippen LogP contribution in [-0.4, -0.2) is 40.3 Å². The molecule has 2 heterocycles. The number of rotatable bonds is 5. The lowest BCUT2D eigenvalue weighted by molar-refractivity contribution is -0.0621. The Morgan fingerprint density at radius 3 is 3.14 bits per heavy atom. The Bertz CT molecular complexity index is 608. The van der Waals surface area contributed by atoms with Crippen LogP contribution in [0.1, 0.15) is 17.8 Å². The summed E-state index contributed by atoms with van der Waals surface area (Å²) in [4.78, 5) is 6.55. The van der Waals surface area contributed by atoms with Gasteiger partial charge in [-0.05, 0) is 37.6 Å². The summed E-state index contributed by atoms with van der Waals surface area (Å²) >= 11 is 7.60. The highest BCUT2D eigenvalue weighted by atomic mass is 35.5. The van der Waals surface area contributed by atoms with Crippen molar-refractivity contribution in [2.24, 2.45) is 0 Å². The molecule has 0 radical (unpaired) electrons. The second-order valence-electron chi connectivity index (χ2n) is 5.71. The molecular formula is C16H19ClN2O2S. The molecule has 1 fully saturated rings. The number of hydrogen-bond acceptors (Lipinski definition) is 5. The van der Waals surface area contributed by atoms with E-state index in [-0.39, 0.29) is 6.61 Å². The van der Waals surface area contributed by atoms with Crippen LogP contribution in [0.5, 0.6) is 5.75 Å². The number of ether oxygens (including phenoxy) is 1. The van der Waals surface area contributed by atoms with Crippen LogP contribution in [0.2, 0.25) is 5.02 Å². The van der Waals surface area contributed by atoms with Gasteiger partial charge in [-0.1, -0.05) is 17.7 Å². The van der Waals surface area contributed by atoms with E-state index in [1.165, 1.54) is 0 Å². The van der Waals surface area contributed by atoms with Crippen molar-refractivity contribution >= 4 is 22.9 Å². The maximum atomic E-state index is 10.8.